The van der Waals surface area contributed by atoms with Crippen LogP contribution in [0.4, 0.5) is 15.8 Å². The Morgan fingerprint density at radius 2 is 1.88 bits per heavy atom. The third kappa shape index (κ3) is 5.73. The predicted octanol–water partition coefficient (Wildman–Crippen LogP) is 2.59. The van der Waals surface area contributed by atoms with Gasteiger partial charge in [0.25, 0.3) is 5.91 Å². The molecule has 4 nitrogen and oxygen atoms in total. The van der Waals surface area contributed by atoms with Gasteiger partial charge in [-0.1, -0.05) is 23.7 Å². The maximum atomic E-state index is 13.1. The molecule has 2 aromatic rings. The van der Waals surface area contributed by atoms with E-state index < -0.39 is 5.82 Å². The predicted molar refractivity (Wildman–Crippen MR) is 101 cm³/mol. The van der Waals surface area contributed by atoms with Crippen LogP contribution < -0.4 is 15.1 Å². The largest absolute Gasteiger partial charge is 0.378 e. The van der Waals surface area contributed by atoms with E-state index >= 15 is 0 Å². The van der Waals surface area contributed by atoms with E-state index in [1.807, 2.05) is 25.9 Å². The van der Waals surface area contributed by atoms with Crippen LogP contribution in [0.1, 0.15) is 12.5 Å². The van der Waals surface area contributed by atoms with Crippen molar-refractivity contribution in [1.29, 1.82) is 0 Å². The molecule has 1 unspecified atom stereocenters. The van der Waals surface area contributed by atoms with E-state index in [-0.39, 0.29) is 10.9 Å². The molecule has 2 N–H and O–H groups in total. The molecule has 1 atom stereocenters. The minimum absolute atomic E-state index is 0.143. The van der Waals surface area contributed by atoms with Crippen molar-refractivity contribution in [1.82, 2.24) is 0 Å². The van der Waals surface area contributed by atoms with Crippen LogP contribution >= 0.6 is 11.6 Å². The number of quaternary nitrogens is 1. The molecule has 1 amide bonds. The third-order valence-corrected chi connectivity index (χ3v) is 4.34. The first-order chi connectivity index (χ1) is 11.9. The average molecular weight is 365 g/mol. The number of anilines is 2. The monoisotopic (exact) mass is 364 g/mol. The summed E-state index contributed by atoms with van der Waals surface area (Å²) in [7, 11) is 4.01. The Morgan fingerprint density at radius 1 is 1.20 bits per heavy atom. The van der Waals surface area contributed by atoms with E-state index in [9.17, 15) is 9.18 Å². The lowest BCUT2D eigenvalue weighted by atomic mass is 10.2. The molecular weight excluding hydrogens is 341 g/mol. The first kappa shape index (κ1) is 19.2. The van der Waals surface area contributed by atoms with Crippen LogP contribution in [0.15, 0.2) is 42.5 Å². The number of rotatable bonds is 7. The molecule has 0 fully saturated rings. The van der Waals surface area contributed by atoms with Gasteiger partial charge in [-0.15, -0.1) is 0 Å². The Balaban J connectivity index is 1.95. The quantitative estimate of drug-likeness (QED) is 0.792. The highest BCUT2D eigenvalue weighted by atomic mass is 35.5. The topological polar surface area (TPSA) is 36.8 Å². The van der Waals surface area contributed by atoms with Crippen molar-refractivity contribution >= 4 is 28.9 Å². The number of benzene rings is 2. The van der Waals surface area contributed by atoms with Crippen LogP contribution in [0.3, 0.4) is 0 Å². The minimum Gasteiger partial charge on any atom is -0.378 e. The molecule has 0 aliphatic carbocycles. The van der Waals surface area contributed by atoms with Crippen molar-refractivity contribution in [3.63, 3.8) is 0 Å². The summed E-state index contributed by atoms with van der Waals surface area (Å²) in [4.78, 5) is 15.4. The van der Waals surface area contributed by atoms with Gasteiger partial charge in [-0.3, -0.25) is 4.79 Å². The van der Waals surface area contributed by atoms with Crippen molar-refractivity contribution in [3.8, 4) is 0 Å². The van der Waals surface area contributed by atoms with Crippen molar-refractivity contribution in [2.24, 2.45) is 0 Å². The van der Waals surface area contributed by atoms with Gasteiger partial charge in [0.05, 0.1) is 17.3 Å². The number of carbonyl (C=O) groups is 1. The fourth-order valence-corrected chi connectivity index (χ4v) is 2.74. The Bertz CT molecular complexity index is 719. The number of likely N-dealkylation sites (N-methyl/N-ethyl adjacent to an activating group) is 1. The van der Waals surface area contributed by atoms with Crippen LogP contribution in [0, 0.1) is 5.82 Å². The second-order valence-electron chi connectivity index (χ2n) is 6.19. The summed E-state index contributed by atoms with van der Waals surface area (Å²) < 4.78 is 13.1. The van der Waals surface area contributed by atoms with Gasteiger partial charge < -0.3 is 15.1 Å². The number of nitrogens with zero attached hydrogens (tertiary/aromatic N) is 1. The van der Waals surface area contributed by atoms with Crippen LogP contribution in [0.25, 0.3) is 0 Å². The fourth-order valence-electron chi connectivity index (χ4n) is 2.53. The number of carbonyl (C=O) groups excluding carboxylic acids is 1. The van der Waals surface area contributed by atoms with Crippen molar-refractivity contribution in [2.45, 2.75) is 13.5 Å². The van der Waals surface area contributed by atoms with E-state index in [0.29, 0.717) is 12.2 Å². The van der Waals surface area contributed by atoms with Crippen molar-refractivity contribution in [3.05, 3.63) is 58.9 Å². The summed E-state index contributed by atoms with van der Waals surface area (Å²) in [6.45, 7) is 3.94. The Morgan fingerprint density at radius 3 is 2.44 bits per heavy atom. The average Bonchev–Trinajstić information content (AvgIpc) is 2.57. The number of halogens is 2. The van der Waals surface area contributed by atoms with Gasteiger partial charge in [0.1, 0.15) is 12.4 Å². The Hall–Kier alpha value is -2.11. The van der Waals surface area contributed by atoms with Crippen LogP contribution in [0.2, 0.25) is 5.02 Å². The van der Waals surface area contributed by atoms with Crippen LogP contribution in [-0.2, 0) is 11.3 Å². The zero-order valence-electron chi connectivity index (χ0n) is 14.8. The summed E-state index contributed by atoms with van der Waals surface area (Å²) in [6.07, 6.45) is 0. The molecule has 0 aromatic heterocycles. The molecule has 2 aromatic carbocycles. The molecule has 134 valence electrons. The number of amides is 1. The first-order valence-electron chi connectivity index (χ1n) is 8.23. The fraction of sp³-hybridized carbons (Fsp3) is 0.316. The maximum absolute atomic E-state index is 13.1. The Labute approximate surface area is 153 Å². The molecular formula is C19H24ClFN3O+. The molecule has 0 saturated carbocycles. The lowest BCUT2D eigenvalue weighted by molar-refractivity contribution is -0.903. The van der Waals surface area contributed by atoms with Gasteiger partial charge in [0, 0.05) is 25.3 Å². The molecule has 0 radical (unpaired) electrons. The molecule has 2 rings (SSSR count). The maximum Gasteiger partial charge on any atom is 0.279 e. The Kier molecular flexibility index (Phi) is 6.79. The van der Waals surface area contributed by atoms with E-state index in [2.05, 4.69) is 29.6 Å². The van der Waals surface area contributed by atoms with Crippen molar-refractivity contribution < 1.29 is 14.1 Å². The highest BCUT2D eigenvalue weighted by molar-refractivity contribution is 6.33. The van der Waals surface area contributed by atoms with Gasteiger partial charge in [0.2, 0.25) is 0 Å². The summed E-state index contributed by atoms with van der Waals surface area (Å²) >= 11 is 5.95. The van der Waals surface area contributed by atoms with Gasteiger partial charge in [-0.25, -0.2) is 4.39 Å². The second-order valence-corrected chi connectivity index (χ2v) is 6.60. The lowest BCUT2D eigenvalue weighted by Crippen LogP contribution is -3.11. The summed E-state index contributed by atoms with van der Waals surface area (Å²) in [6, 6.07) is 12.2. The zero-order chi connectivity index (χ0) is 18.4. The van der Waals surface area contributed by atoms with E-state index in [1.165, 1.54) is 23.8 Å². The van der Waals surface area contributed by atoms with Crippen LogP contribution in [0.5, 0.6) is 0 Å². The minimum atomic E-state index is -0.426. The van der Waals surface area contributed by atoms with Crippen molar-refractivity contribution in [2.75, 3.05) is 37.4 Å². The smallest absolute Gasteiger partial charge is 0.279 e. The summed E-state index contributed by atoms with van der Waals surface area (Å²) in [5.41, 5.74) is 2.75. The summed E-state index contributed by atoms with van der Waals surface area (Å²) in [5.74, 6) is -0.569. The van der Waals surface area contributed by atoms with Gasteiger partial charge in [-0.05, 0) is 37.3 Å². The number of hydrogen-bond donors (Lipinski definition) is 2. The van der Waals surface area contributed by atoms with Gasteiger partial charge >= 0.3 is 0 Å². The van der Waals surface area contributed by atoms with E-state index in [1.54, 1.807) is 0 Å². The van der Waals surface area contributed by atoms with E-state index in [0.717, 1.165) is 23.7 Å². The molecule has 0 heterocycles. The molecule has 0 aliphatic heterocycles. The highest BCUT2D eigenvalue weighted by Gasteiger charge is 2.15. The SMILES string of the molecule is CC[NH+](CC(=O)Nc1ccc(F)cc1Cl)Cc1ccc(N(C)C)cc1. The van der Waals surface area contributed by atoms with E-state index in [4.69, 9.17) is 11.6 Å². The lowest BCUT2D eigenvalue weighted by Gasteiger charge is -2.18. The molecule has 0 spiro atoms. The highest BCUT2D eigenvalue weighted by Crippen LogP contribution is 2.22. The molecule has 0 bridgehead atoms. The van der Waals surface area contributed by atoms with Gasteiger partial charge in [0.15, 0.2) is 6.54 Å². The molecule has 0 saturated heterocycles. The normalized spacial score (nSPS) is 11.9. The summed E-state index contributed by atoms with van der Waals surface area (Å²) in [5, 5.41) is 2.95. The molecule has 25 heavy (non-hydrogen) atoms. The molecule has 6 heteroatoms. The third-order valence-electron chi connectivity index (χ3n) is 4.02. The van der Waals surface area contributed by atoms with Crippen LogP contribution in [-0.4, -0.2) is 33.1 Å². The zero-order valence-corrected chi connectivity index (χ0v) is 15.5. The number of nitrogens with one attached hydrogen (secondary N) is 2. The first-order valence-corrected chi connectivity index (χ1v) is 8.61. The number of hydrogen-bond acceptors (Lipinski definition) is 2. The van der Waals surface area contributed by atoms with Gasteiger partial charge in [-0.2, -0.15) is 0 Å². The molecule has 0 aliphatic rings. The second kappa shape index (κ2) is 8.83. The standard InChI is InChI=1S/C19H23ClFN3O/c1-4-24(12-14-5-8-16(9-6-14)23(2)3)13-19(25)22-18-10-7-15(21)11-17(18)20/h5-11H,4,12-13H2,1-3H3,(H,22,25)/p+1.